The van der Waals surface area contributed by atoms with Gasteiger partial charge in [-0.15, -0.1) is 0 Å². The lowest BCUT2D eigenvalue weighted by atomic mass is 10.0. The van der Waals surface area contributed by atoms with Crippen molar-refractivity contribution in [1.29, 1.82) is 0 Å². The summed E-state index contributed by atoms with van der Waals surface area (Å²) in [6.07, 6.45) is 4.28. The number of hydrogen-bond acceptors (Lipinski definition) is 5. The van der Waals surface area contributed by atoms with Crippen molar-refractivity contribution < 1.29 is 4.92 Å². The molecule has 6 nitrogen and oxygen atoms in total. The Kier molecular flexibility index (Phi) is 2.87. The molecule has 0 atom stereocenters. The molecule has 0 aliphatic heterocycles. The molecule has 1 saturated carbocycles. The summed E-state index contributed by atoms with van der Waals surface area (Å²) in [7, 11) is 0. The SMILES string of the molecule is CC1(Nc2nc(N)ccc2[N+](=O)[O-])CCCC1. The molecule has 0 saturated heterocycles. The molecule has 1 aromatic rings. The Balaban J connectivity index is 2.30. The Morgan fingerprint density at radius 3 is 2.71 bits per heavy atom. The molecular weight excluding hydrogens is 220 g/mol. The first-order valence-corrected chi connectivity index (χ1v) is 5.69. The van der Waals surface area contributed by atoms with Crippen molar-refractivity contribution in [3.63, 3.8) is 0 Å². The summed E-state index contributed by atoms with van der Waals surface area (Å²) < 4.78 is 0. The zero-order valence-electron chi connectivity index (χ0n) is 9.77. The predicted octanol–water partition coefficient (Wildman–Crippen LogP) is 2.32. The van der Waals surface area contributed by atoms with Gasteiger partial charge in [-0.05, 0) is 25.8 Å². The Morgan fingerprint density at radius 2 is 2.12 bits per heavy atom. The quantitative estimate of drug-likeness (QED) is 0.620. The standard InChI is InChI=1S/C11H16N4O2/c1-11(6-2-3-7-11)14-10-8(15(16)17)4-5-9(12)13-10/h4-5H,2-3,6-7H2,1H3,(H3,12,13,14). The van der Waals surface area contributed by atoms with Crippen molar-refractivity contribution in [2.24, 2.45) is 0 Å². The fraction of sp³-hybridized carbons (Fsp3) is 0.545. The van der Waals surface area contributed by atoms with Crippen molar-refractivity contribution in [3.05, 3.63) is 22.2 Å². The summed E-state index contributed by atoms with van der Waals surface area (Å²) in [5.41, 5.74) is 5.44. The van der Waals surface area contributed by atoms with E-state index in [0.717, 1.165) is 25.7 Å². The van der Waals surface area contributed by atoms with Crippen LogP contribution in [-0.4, -0.2) is 15.4 Å². The highest BCUT2D eigenvalue weighted by molar-refractivity contribution is 5.60. The molecule has 1 aliphatic rings. The number of pyridine rings is 1. The topological polar surface area (TPSA) is 94.1 Å². The number of nitrogens with zero attached hydrogens (tertiary/aromatic N) is 2. The molecule has 1 fully saturated rings. The Morgan fingerprint density at radius 1 is 1.47 bits per heavy atom. The van der Waals surface area contributed by atoms with Crippen LogP contribution in [-0.2, 0) is 0 Å². The van der Waals surface area contributed by atoms with Gasteiger partial charge in [-0.25, -0.2) is 4.98 Å². The third-order valence-corrected chi connectivity index (χ3v) is 3.22. The summed E-state index contributed by atoms with van der Waals surface area (Å²) >= 11 is 0. The molecule has 92 valence electrons. The molecule has 0 unspecified atom stereocenters. The lowest BCUT2D eigenvalue weighted by molar-refractivity contribution is -0.384. The number of aromatic nitrogens is 1. The van der Waals surface area contributed by atoms with E-state index in [9.17, 15) is 10.1 Å². The maximum absolute atomic E-state index is 10.9. The minimum absolute atomic E-state index is 0.0210. The molecule has 1 aromatic heterocycles. The van der Waals surface area contributed by atoms with Gasteiger partial charge in [-0.1, -0.05) is 12.8 Å². The summed E-state index contributed by atoms with van der Waals surface area (Å²) in [5.74, 6) is 0.569. The lowest BCUT2D eigenvalue weighted by Crippen LogP contribution is -2.31. The highest BCUT2D eigenvalue weighted by atomic mass is 16.6. The summed E-state index contributed by atoms with van der Waals surface area (Å²) in [5, 5.41) is 14.1. The Bertz CT molecular complexity index is 441. The van der Waals surface area contributed by atoms with Crippen LogP contribution in [0.1, 0.15) is 32.6 Å². The number of rotatable bonds is 3. The second-order valence-electron chi connectivity index (χ2n) is 4.75. The number of anilines is 2. The fourth-order valence-corrected chi connectivity index (χ4v) is 2.27. The highest BCUT2D eigenvalue weighted by Crippen LogP contribution is 2.34. The van der Waals surface area contributed by atoms with Gasteiger partial charge in [0.2, 0.25) is 5.82 Å². The van der Waals surface area contributed by atoms with Crippen LogP contribution < -0.4 is 11.1 Å². The molecule has 1 aliphatic carbocycles. The molecule has 0 radical (unpaired) electrons. The van der Waals surface area contributed by atoms with Gasteiger partial charge in [0, 0.05) is 11.6 Å². The van der Waals surface area contributed by atoms with E-state index in [4.69, 9.17) is 5.73 Å². The number of hydrogen-bond donors (Lipinski definition) is 2. The van der Waals surface area contributed by atoms with Crippen molar-refractivity contribution in [2.75, 3.05) is 11.1 Å². The van der Waals surface area contributed by atoms with Crippen molar-refractivity contribution in [2.45, 2.75) is 38.1 Å². The van der Waals surface area contributed by atoms with Crippen LogP contribution in [0.4, 0.5) is 17.3 Å². The predicted molar refractivity (Wildman–Crippen MR) is 65.8 cm³/mol. The third kappa shape index (κ3) is 2.46. The van der Waals surface area contributed by atoms with Crippen LogP contribution in [0.15, 0.2) is 12.1 Å². The van der Waals surface area contributed by atoms with Crippen LogP contribution in [0.3, 0.4) is 0 Å². The van der Waals surface area contributed by atoms with Gasteiger partial charge in [0.1, 0.15) is 5.82 Å². The van der Waals surface area contributed by atoms with Gasteiger partial charge < -0.3 is 11.1 Å². The van der Waals surface area contributed by atoms with Crippen LogP contribution in [0.25, 0.3) is 0 Å². The van der Waals surface area contributed by atoms with Gasteiger partial charge in [0.15, 0.2) is 0 Å². The van der Waals surface area contributed by atoms with Crippen LogP contribution in [0, 0.1) is 10.1 Å². The fourth-order valence-electron chi connectivity index (χ4n) is 2.27. The lowest BCUT2D eigenvalue weighted by Gasteiger charge is -2.25. The molecule has 1 heterocycles. The van der Waals surface area contributed by atoms with Crippen molar-refractivity contribution in [1.82, 2.24) is 4.98 Å². The zero-order valence-corrected chi connectivity index (χ0v) is 9.77. The first-order valence-electron chi connectivity index (χ1n) is 5.69. The maximum Gasteiger partial charge on any atom is 0.311 e. The van der Waals surface area contributed by atoms with Crippen molar-refractivity contribution in [3.8, 4) is 0 Å². The van der Waals surface area contributed by atoms with Gasteiger partial charge in [0.25, 0.3) is 0 Å². The minimum Gasteiger partial charge on any atom is -0.384 e. The average molecular weight is 236 g/mol. The van der Waals surface area contributed by atoms with E-state index < -0.39 is 4.92 Å². The zero-order chi connectivity index (χ0) is 12.5. The van der Waals surface area contributed by atoms with Gasteiger partial charge in [-0.3, -0.25) is 10.1 Å². The minimum atomic E-state index is -0.437. The monoisotopic (exact) mass is 236 g/mol. The molecule has 3 N–H and O–H groups in total. The normalized spacial score (nSPS) is 17.9. The highest BCUT2D eigenvalue weighted by Gasteiger charge is 2.31. The molecule has 6 heteroatoms. The van der Waals surface area contributed by atoms with Crippen LogP contribution in [0.2, 0.25) is 0 Å². The maximum atomic E-state index is 10.9. The number of nitrogens with one attached hydrogen (secondary N) is 1. The Labute approximate surface area is 99.4 Å². The molecule has 17 heavy (non-hydrogen) atoms. The summed E-state index contributed by atoms with van der Waals surface area (Å²) in [4.78, 5) is 14.5. The van der Waals surface area contributed by atoms with Crippen LogP contribution >= 0.6 is 0 Å². The van der Waals surface area contributed by atoms with E-state index in [2.05, 4.69) is 17.2 Å². The molecule has 0 bridgehead atoms. The second kappa shape index (κ2) is 4.20. The third-order valence-electron chi connectivity index (χ3n) is 3.22. The molecule has 0 aromatic carbocycles. The first kappa shape index (κ1) is 11.6. The largest absolute Gasteiger partial charge is 0.384 e. The molecule has 0 spiro atoms. The molecule has 2 rings (SSSR count). The van der Waals surface area contributed by atoms with Crippen molar-refractivity contribution >= 4 is 17.3 Å². The smallest absolute Gasteiger partial charge is 0.311 e. The number of nitrogen functional groups attached to an aromatic ring is 1. The summed E-state index contributed by atoms with van der Waals surface area (Å²) in [6, 6.07) is 2.84. The van der Waals surface area contributed by atoms with E-state index >= 15 is 0 Å². The Hall–Kier alpha value is -1.85. The number of nitrogens with two attached hydrogens (primary N) is 1. The molecule has 0 amide bonds. The average Bonchev–Trinajstić information content (AvgIpc) is 2.64. The first-order chi connectivity index (χ1) is 8.00. The van der Waals surface area contributed by atoms with E-state index in [0.29, 0.717) is 5.82 Å². The summed E-state index contributed by atoms with van der Waals surface area (Å²) in [6.45, 7) is 2.06. The van der Waals surface area contributed by atoms with E-state index in [1.807, 2.05) is 0 Å². The van der Waals surface area contributed by atoms with E-state index in [-0.39, 0.29) is 17.0 Å². The molecular formula is C11H16N4O2. The van der Waals surface area contributed by atoms with E-state index in [1.165, 1.54) is 12.1 Å². The van der Waals surface area contributed by atoms with Crippen LogP contribution in [0.5, 0.6) is 0 Å². The van der Waals surface area contributed by atoms with Gasteiger partial charge in [-0.2, -0.15) is 0 Å². The van der Waals surface area contributed by atoms with Gasteiger partial charge in [0.05, 0.1) is 4.92 Å². The van der Waals surface area contributed by atoms with E-state index in [1.54, 1.807) is 0 Å². The second-order valence-corrected chi connectivity index (χ2v) is 4.75. The van der Waals surface area contributed by atoms with Gasteiger partial charge >= 0.3 is 5.69 Å². The number of nitro groups is 1.